The van der Waals surface area contributed by atoms with Crippen LogP contribution in [0.5, 0.6) is 0 Å². The number of benzene rings is 1. The first kappa shape index (κ1) is 17.8. The molecule has 2 aliphatic rings. The molecule has 0 unspecified atom stereocenters. The molecule has 0 aromatic heterocycles. The molecule has 8 heteroatoms. The number of thioether (sulfide) groups is 1. The van der Waals surface area contributed by atoms with Crippen LogP contribution in [-0.2, 0) is 14.3 Å². The molecule has 2 heterocycles. The van der Waals surface area contributed by atoms with E-state index in [0.29, 0.717) is 18.4 Å². The van der Waals surface area contributed by atoms with Crippen molar-refractivity contribution in [2.45, 2.75) is 11.7 Å². The third-order valence-corrected chi connectivity index (χ3v) is 5.26. The molecule has 1 fully saturated rings. The fourth-order valence-corrected chi connectivity index (χ4v) is 3.74. The third-order valence-electron chi connectivity index (χ3n) is 4.05. The van der Waals surface area contributed by atoms with E-state index in [2.05, 4.69) is 10.3 Å². The van der Waals surface area contributed by atoms with Gasteiger partial charge in [0.15, 0.2) is 5.17 Å². The van der Waals surface area contributed by atoms with Gasteiger partial charge in [0.2, 0.25) is 5.91 Å². The largest absolute Gasteiger partial charge is 0.378 e. The Bertz CT molecular complexity index is 669. The summed E-state index contributed by atoms with van der Waals surface area (Å²) in [6.07, 6.45) is 0.121. The van der Waals surface area contributed by atoms with E-state index in [9.17, 15) is 9.59 Å². The Hall–Kier alpha value is -2.06. The highest BCUT2D eigenvalue weighted by Crippen LogP contribution is 2.28. The standard InChI is InChI=1S/C17H22N4O3S/c1-20(2)13-5-3-12(4-6-13)18-15(22)11-14-16(23)19-17(25-14)21-7-9-24-10-8-21/h3-6,14H,7-11H2,1-2H3,(H,18,22)/t14-/m0/s1. The van der Waals surface area contributed by atoms with E-state index in [1.54, 1.807) is 0 Å². The fraction of sp³-hybridized carbons (Fsp3) is 0.471. The van der Waals surface area contributed by atoms with Crippen LogP contribution in [0, 0.1) is 0 Å². The monoisotopic (exact) mass is 362 g/mol. The zero-order chi connectivity index (χ0) is 17.8. The fourth-order valence-electron chi connectivity index (χ4n) is 2.62. The maximum atomic E-state index is 12.2. The van der Waals surface area contributed by atoms with Crippen molar-refractivity contribution in [1.29, 1.82) is 0 Å². The Balaban J connectivity index is 1.52. The molecule has 0 radical (unpaired) electrons. The number of rotatable bonds is 4. The number of anilines is 2. The molecule has 2 amide bonds. The van der Waals surface area contributed by atoms with Crippen LogP contribution in [0.3, 0.4) is 0 Å². The molecule has 1 N–H and O–H groups in total. The minimum atomic E-state index is -0.445. The first-order chi connectivity index (χ1) is 12.0. The minimum Gasteiger partial charge on any atom is -0.378 e. The zero-order valence-corrected chi connectivity index (χ0v) is 15.2. The zero-order valence-electron chi connectivity index (χ0n) is 14.4. The molecule has 1 aromatic rings. The highest BCUT2D eigenvalue weighted by Gasteiger charge is 2.33. The number of hydrogen-bond acceptors (Lipinski definition) is 6. The predicted octanol–water partition coefficient (Wildman–Crippen LogP) is 1.41. The Morgan fingerprint density at radius 1 is 1.32 bits per heavy atom. The van der Waals surface area contributed by atoms with Gasteiger partial charge in [-0.2, -0.15) is 4.99 Å². The lowest BCUT2D eigenvalue weighted by Crippen LogP contribution is -2.39. The van der Waals surface area contributed by atoms with Gasteiger partial charge in [-0.15, -0.1) is 0 Å². The number of amidine groups is 1. The Morgan fingerprint density at radius 3 is 2.64 bits per heavy atom. The predicted molar refractivity (Wildman–Crippen MR) is 100 cm³/mol. The van der Waals surface area contributed by atoms with Gasteiger partial charge in [0, 0.05) is 45.0 Å². The van der Waals surface area contributed by atoms with Crippen LogP contribution in [-0.4, -0.2) is 67.5 Å². The highest BCUT2D eigenvalue weighted by atomic mass is 32.2. The molecule has 25 heavy (non-hydrogen) atoms. The van der Waals surface area contributed by atoms with Crippen LogP contribution in [0.4, 0.5) is 11.4 Å². The van der Waals surface area contributed by atoms with Gasteiger partial charge in [-0.3, -0.25) is 9.59 Å². The lowest BCUT2D eigenvalue weighted by atomic mass is 10.2. The summed E-state index contributed by atoms with van der Waals surface area (Å²) in [6.45, 7) is 2.75. The van der Waals surface area contributed by atoms with Crippen LogP contribution in [0.2, 0.25) is 0 Å². The maximum absolute atomic E-state index is 12.2. The van der Waals surface area contributed by atoms with Gasteiger partial charge >= 0.3 is 0 Å². The van der Waals surface area contributed by atoms with Gasteiger partial charge in [0.1, 0.15) is 5.25 Å². The lowest BCUT2D eigenvalue weighted by molar-refractivity contribution is -0.121. The van der Waals surface area contributed by atoms with Gasteiger partial charge in [-0.05, 0) is 24.3 Å². The molecular weight excluding hydrogens is 340 g/mol. The molecular formula is C17H22N4O3S. The summed E-state index contributed by atoms with van der Waals surface area (Å²) in [6, 6.07) is 7.58. The lowest BCUT2D eigenvalue weighted by Gasteiger charge is -2.27. The number of nitrogens with one attached hydrogen (secondary N) is 1. The molecule has 2 aliphatic heterocycles. The smallest absolute Gasteiger partial charge is 0.262 e. The van der Waals surface area contributed by atoms with Crippen molar-refractivity contribution in [1.82, 2.24) is 4.90 Å². The van der Waals surface area contributed by atoms with E-state index in [1.807, 2.05) is 48.2 Å². The minimum absolute atomic E-state index is 0.121. The van der Waals surface area contributed by atoms with E-state index in [1.165, 1.54) is 11.8 Å². The number of carbonyl (C=O) groups excluding carboxylic acids is 2. The Labute approximate surface area is 151 Å². The molecule has 1 aromatic carbocycles. The summed E-state index contributed by atoms with van der Waals surface area (Å²) < 4.78 is 5.31. The van der Waals surface area contributed by atoms with Crippen LogP contribution in [0.25, 0.3) is 0 Å². The van der Waals surface area contributed by atoms with Gasteiger partial charge in [0.25, 0.3) is 5.91 Å². The Morgan fingerprint density at radius 2 is 2.00 bits per heavy atom. The molecule has 7 nitrogen and oxygen atoms in total. The van der Waals surface area contributed by atoms with Crippen LogP contribution < -0.4 is 10.2 Å². The average molecular weight is 362 g/mol. The van der Waals surface area contributed by atoms with Gasteiger partial charge < -0.3 is 19.9 Å². The molecule has 0 saturated carbocycles. The van der Waals surface area contributed by atoms with Crippen molar-refractivity contribution < 1.29 is 14.3 Å². The van der Waals surface area contributed by atoms with Crippen molar-refractivity contribution in [3.8, 4) is 0 Å². The molecule has 1 atom stereocenters. The van der Waals surface area contributed by atoms with E-state index in [4.69, 9.17) is 4.74 Å². The van der Waals surface area contributed by atoms with Crippen molar-refractivity contribution in [2.24, 2.45) is 4.99 Å². The topological polar surface area (TPSA) is 74.2 Å². The number of ether oxygens (including phenoxy) is 1. The van der Waals surface area contributed by atoms with Crippen molar-refractivity contribution in [2.75, 3.05) is 50.6 Å². The Kier molecular flexibility index (Phi) is 5.60. The molecule has 134 valence electrons. The summed E-state index contributed by atoms with van der Waals surface area (Å²) in [5.41, 5.74) is 1.78. The van der Waals surface area contributed by atoms with E-state index in [0.717, 1.165) is 24.5 Å². The number of hydrogen-bond donors (Lipinski definition) is 1. The van der Waals surface area contributed by atoms with Gasteiger partial charge in [-0.25, -0.2) is 0 Å². The summed E-state index contributed by atoms with van der Waals surface area (Å²) in [4.78, 5) is 32.5. The van der Waals surface area contributed by atoms with Gasteiger partial charge in [0.05, 0.1) is 13.2 Å². The van der Waals surface area contributed by atoms with Crippen LogP contribution >= 0.6 is 11.8 Å². The van der Waals surface area contributed by atoms with E-state index < -0.39 is 5.25 Å². The van der Waals surface area contributed by atoms with Crippen molar-refractivity contribution >= 4 is 40.1 Å². The third kappa shape index (κ3) is 4.52. The number of aliphatic imine (C=N–C) groups is 1. The number of nitrogens with zero attached hydrogens (tertiary/aromatic N) is 3. The first-order valence-electron chi connectivity index (χ1n) is 8.22. The van der Waals surface area contributed by atoms with Crippen molar-refractivity contribution in [3.05, 3.63) is 24.3 Å². The second-order valence-corrected chi connectivity index (χ2v) is 7.30. The molecule has 3 rings (SSSR count). The molecule has 0 spiro atoms. The van der Waals surface area contributed by atoms with Gasteiger partial charge in [-0.1, -0.05) is 11.8 Å². The van der Waals surface area contributed by atoms with E-state index >= 15 is 0 Å². The SMILES string of the molecule is CN(C)c1ccc(NC(=O)C[C@@H]2SC(N3CCOCC3)=NC2=O)cc1. The number of morpholine rings is 1. The number of carbonyl (C=O) groups is 2. The molecule has 1 saturated heterocycles. The second kappa shape index (κ2) is 7.88. The molecule has 0 bridgehead atoms. The summed E-state index contributed by atoms with van der Waals surface area (Å²) >= 11 is 1.37. The van der Waals surface area contributed by atoms with Crippen LogP contribution in [0.15, 0.2) is 29.3 Å². The summed E-state index contributed by atoms with van der Waals surface area (Å²) in [5.74, 6) is -0.411. The highest BCUT2D eigenvalue weighted by molar-refractivity contribution is 8.15. The number of amides is 2. The summed E-state index contributed by atoms with van der Waals surface area (Å²) in [5, 5.41) is 3.11. The van der Waals surface area contributed by atoms with E-state index in [-0.39, 0.29) is 18.2 Å². The summed E-state index contributed by atoms with van der Waals surface area (Å²) in [7, 11) is 3.92. The second-order valence-electron chi connectivity index (χ2n) is 6.13. The maximum Gasteiger partial charge on any atom is 0.262 e. The first-order valence-corrected chi connectivity index (χ1v) is 9.10. The normalized spacial score (nSPS) is 20.4. The van der Waals surface area contributed by atoms with Crippen LogP contribution in [0.1, 0.15) is 6.42 Å². The molecule has 0 aliphatic carbocycles. The average Bonchev–Trinajstić information content (AvgIpc) is 2.97. The quantitative estimate of drug-likeness (QED) is 0.873. The van der Waals surface area contributed by atoms with Crippen molar-refractivity contribution in [3.63, 3.8) is 0 Å².